The summed E-state index contributed by atoms with van der Waals surface area (Å²) in [5.74, 6) is 7.70. The molecule has 0 heterocycles. The van der Waals surface area contributed by atoms with E-state index in [0.29, 0.717) is 46.3 Å². The van der Waals surface area contributed by atoms with Gasteiger partial charge in [-0.3, -0.25) is 0 Å². The first-order valence-electron chi connectivity index (χ1n) is 34.8. The zero-order chi connectivity index (χ0) is 70.9. The van der Waals surface area contributed by atoms with E-state index in [0.717, 1.165) is 28.6 Å². The van der Waals surface area contributed by atoms with Crippen LogP contribution in [-0.2, 0) is 9.84 Å². The lowest BCUT2D eigenvalue weighted by Crippen LogP contribution is -2.06. The highest BCUT2D eigenvalue weighted by Crippen LogP contribution is 2.32. The molecule has 0 saturated heterocycles. The smallest absolute Gasteiger partial charge is 0.178 e. The summed E-state index contributed by atoms with van der Waals surface area (Å²) >= 11 is 0. The van der Waals surface area contributed by atoms with Gasteiger partial charge in [0, 0.05) is 0 Å². The van der Waals surface area contributed by atoms with E-state index in [1.54, 1.807) is 13.0 Å². The van der Waals surface area contributed by atoms with Crippen molar-refractivity contribution in [2.45, 2.75) is 171 Å². The molecule has 0 atom stereocenters. The minimum atomic E-state index is -3.07. The summed E-state index contributed by atoms with van der Waals surface area (Å²) in [5, 5.41) is 0. The summed E-state index contributed by atoms with van der Waals surface area (Å²) in [6, 6.07) is 97.7. The lowest BCUT2D eigenvalue weighted by atomic mass is 9.93. The van der Waals surface area contributed by atoms with E-state index in [1.165, 1.54) is 72.3 Å². The van der Waals surface area contributed by atoms with Gasteiger partial charge in [0.1, 0.15) is 23.0 Å². The molecule has 5 heteroatoms. The number of benzene rings is 11. The van der Waals surface area contributed by atoms with Crippen LogP contribution in [0, 0.1) is 20.8 Å². The van der Waals surface area contributed by atoms with Crippen molar-refractivity contribution in [3.05, 3.63) is 341 Å². The molecule has 11 aromatic carbocycles. The van der Waals surface area contributed by atoms with Crippen LogP contribution in [0.3, 0.4) is 0 Å². The largest absolute Gasteiger partial charge is 0.457 e. The van der Waals surface area contributed by atoms with Crippen molar-refractivity contribution in [2.24, 2.45) is 0 Å². The summed E-state index contributed by atoms with van der Waals surface area (Å²) in [5.41, 5.74) is 18.2. The van der Waals surface area contributed by atoms with E-state index < -0.39 is 9.84 Å². The second-order valence-electron chi connectivity index (χ2n) is 26.7. The summed E-state index contributed by atoms with van der Waals surface area (Å²) in [7, 11) is -3.07. The van der Waals surface area contributed by atoms with Gasteiger partial charge in [0.2, 0.25) is 0 Å². The maximum atomic E-state index is 11.7. The fourth-order valence-corrected chi connectivity index (χ4v) is 11.4. The molecule has 0 amide bonds. The maximum Gasteiger partial charge on any atom is 0.178 e. The van der Waals surface area contributed by atoms with E-state index in [1.807, 2.05) is 116 Å². The van der Waals surface area contributed by atoms with Crippen LogP contribution >= 0.6 is 0 Å². The fraction of sp³-hybridized carbons (Fsp3) is 0.283. The lowest BCUT2D eigenvalue weighted by Gasteiger charge is -2.13. The van der Waals surface area contributed by atoms with Crippen molar-refractivity contribution in [1.29, 1.82) is 0 Å². The minimum absolute atomic E-state index is 0.162. The number of ether oxygens (including phenoxy) is 2. The van der Waals surface area contributed by atoms with Crippen LogP contribution < -0.4 is 9.47 Å². The zero-order valence-electron chi connectivity index (χ0n) is 61.4. The summed E-state index contributed by atoms with van der Waals surface area (Å²) in [4.78, 5) is 0.467. The van der Waals surface area contributed by atoms with Crippen molar-refractivity contribution in [2.75, 3.05) is 5.75 Å². The van der Waals surface area contributed by atoms with Gasteiger partial charge < -0.3 is 9.47 Å². The van der Waals surface area contributed by atoms with Gasteiger partial charge in [-0.25, -0.2) is 8.42 Å². The second-order valence-corrected chi connectivity index (χ2v) is 29.0. The van der Waals surface area contributed by atoms with Crippen molar-refractivity contribution >= 4 is 9.84 Å². The Morgan fingerprint density at radius 1 is 0.289 bits per heavy atom. The molecule has 97 heavy (non-hydrogen) atoms. The number of aryl methyl sites for hydroxylation is 3. The van der Waals surface area contributed by atoms with Crippen LogP contribution in [0.5, 0.6) is 23.0 Å². The van der Waals surface area contributed by atoms with Crippen LogP contribution in [0.2, 0.25) is 0 Å². The molecular formula is C92H110O4S. The van der Waals surface area contributed by atoms with E-state index >= 15 is 0 Å². The molecular weight excluding hydrogens is 1200 g/mol. The Labute approximate surface area is 586 Å². The molecule has 0 aromatic heterocycles. The third-order valence-corrected chi connectivity index (χ3v) is 18.3. The van der Waals surface area contributed by atoms with Gasteiger partial charge >= 0.3 is 0 Å². The van der Waals surface area contributed by atoms with E-state index in [9.17, 15) is 8.42 Å². The van der Waals surface area contributed by atoms with E-state index in [2.05, 4.69) is 281 Å². The van der Waals surface area contributed by atoms with E-state index in [-0.39, 0.29) is 5.75 Å². The predicted octanol–water partition coefficient (Wildman–Crippen LogP) is 27.3. The van der Waals surface area contributed by atoms with Crippen molar-refractivity contribution in [3.8, 4) is 45.3 Å². The van der Waals surface area contributed by atoms with Crippen LogP contribution in [0.25, 0.3) is 22.3 Å². The SMILES string of the molecule is CC(C)c1ccc(-c2ccccc2)cc1.CC(C)c1ccc(Oc2ccccc2)cc1.CC(C)c1ccccc1-c1ccccc1.CC(C)c1ccccc1Oc1ccccc1.CCS(=O)(=O)c1ccc(C(C)C)cc1C.Cc1ccc(C(C)C)cc1.Cc1ccc(C(C)C)cc1. The predicted molar refractivity (Wildman–Crippen MR) is 420 cm³/mol. The molecule has 0 unspecified atom stereocenters. The molecule has 0 radical (unpaired) electrons. The molecule has 11 rings (SSSR count). The molecule has 0 spiro atoms. The minimum Gasteiger partial charge on any atom is -0.457 e. The first kappa shape index (κ1) is 78.7. The number of hydrogen-bond acceptors (Lipinski definition) is 4. The third-order valence-electron chi connectivity index (χ3n) is 16.5. The average molecular weight is 1310 g/mol. The van der Waals surface area contributed by atoms with Gasteiger partial charge in [0.25, 0.3) is 0 Å². The van der Waals surface area contributed by atoms with Gasteiger partial charge in [0.15, 0.2) is 9.84 Å². The number of rotatable bonds is 15. The Morgan fingerprint density at radius 3 is 1.01 bits per heavy atom. The third kappa shape index (κ3) is 27.5. The Hall–Kier alpha value is -9.03. The molecule has 508 valence electrons. The second kappa shape index (κ2) is 41.2. The number of hydrogen-bond donors (Lipinski definition) is 0. The molecule has 0 aliphatic carbocycles. The molecule has 0 aliphatic heterocycles. The Balaban J connectivity index is 0.000000206. The molecule has 0 bridgehead atoms. The van der Waals surface area contributed by atoms with Crippen molar-refractivity contribution in [1.82, 2.24) is 0 Å². The molecule has 0 saturated carbocycles. The molecule has 0 aliphatic rings. The number of sulfone groups is 1. The molecule has 0 fully saturated rings. The summed E-state index contributed by atoms with van der Waals surface area (Å²) in [6.07, 6.45) is 0. The van der Waals surface area contributed by atoms with Crippen molar-refractivity contribution in [3.63, 3.8) is 0 Å². The summed E-state index contributed by atoms with van der Waals surface area (Å²) < 4.78 is 35.0. The molecule has 4 nitrogen and oxygen atoms in total. The van der Waals surface area contributed by atoms with Crippen LogP contribution in [0.4, 0.5) is 0 Å². The lowest BCUT2D eigenvalue weighted by molar-refractivity contribution is 0.473. The highest BCUT2D eigenvalue weighted by molar-refractivity contribution is 7.91. The first-order chi connectivity index (χ1) is 46.4. The zero-order valence-corrected chi connectivity index (χ0v) is 62.2. The maximum absolute atomic E-state index is 11.7. The van der Waals surface area contributed by atoms with Gasteiger partial charge in [-0.15, -0.1) is 0 Å². The standard InChI is InChI=1S/2C15H16O.2C15H16.C12H18O2S.2C10H14/c1-12(2)14-10-6-7-11-15(14)16-13-8-4-3-5-9-13;1-12(2)13-8-10-15(11-9-13)16-14-6-4-3-5-7-14;1-12(2)14-10-6-7-11-15(14)13-8-4-3-5-9-13;1-12(2)13-8-10-15(11-9-13)14-6-4-3-5-7-14;1-5-15(13,14)12-7-6-11(9(2)3)8-10(12)4;2*1-8(2)10-6-4-9(3)5-7-10/h2*3-12H,1-2H3;2*3-12H,1-2H3;6-9H,5H2,1-4H3;2*4-8H,1-3H3. The molecule has 11 aromatic rings. The normalized spacial score (nSPS) is 10.7. The highest BCUT2D eigenvalue weighted by atomic mass is 32.2. The molecule has 0 N–H and O–H groups in total. The fourth-order valence-electron chi connectivity index (χ4n) is 10.2. The van der Waals surface area contributed by atoms with Crippen LogP contribution in [-0.4, -0.2) is 14.2 Å². The quantitative estimate of drug-likeness (QED) is 0.103. The van der Waals surface area contributed by atoms with Gasteiger partial charge in [-0.1, -0.05) is 352 Å². The topological polar surface area (TPSA) is 52.6 Å². The van der Waals surface area contributed by atoms with Gasteiger partial charge in [-0.05, 0) is 177 Å². The number of para-hydroxylation sites is 3. The van der Waals surface area contributed by atoms with E-state index in [4.69, 9.17) is 9.47 Å². The average Bonchev–Trinajstić information content (AvgIpc) is 0.841. The highest BCUT2D eigenvalue weighted by Gasteiger charge is 2.15. The monoisotopic (exact) mass is 1310 g/mol. The van der Waals surface area contributed by atoms with Crippen molar-refractivity contribution < 1.29 is 17.9 Å². The van der Waals surface area contributed by atoms with Crippen LogP contribution in [0.1, 0.15) is 201 Å². The Morgan fingerprint density at radius 2 is 0.608 bits per heavy atom. The van der Waals surface area contributed by atoms with Gasteiger partial charge in [-0.2, -0.15) is 0 Å². The van der Waals surface area contributed by atoms with Crippen LogP contribution in [0.15, 0.2) is 290 Å². The Kier molecular flexibility index (Phi) is 33.4. The summed E-state index contributed by atoms with van der Waals surface area (Å²) in [6.45, 7) is 38.4. The first-order valence-corrected chi connectivity index (χ1v) is 36.4. The van der Waals surface area contributed by atoms with Gasteiger partial charge in [0.05, 0.1) is 10.6 Å². The Bertz CT molecular complexity index is 3990.